The standard InChI is InChI=1S/C18H19ClN2O4S/c1-2-18(17(23)24,11-5-7-12(19)8-6-11)21-15(22)13-10-26-16(20-13)14-4-3-9-25-14/h5-8,10,14H,2-4,9H2,1H3,(H,21,22)(H,23,24). The van der Waals surface area contributed by atoms with Gasteiger partial charge in [-0.25, -0.2) is 9.78 Å². The average molecular weight is 395 g/mol. The lowest BCUT2D eigenvalue weighted by molar-refractivity contribution is -0.145. The summed E-state index contributed by atoms with van der Waals surface area (Å²) in [5.41, 5.74) is -0.886. The summed E-state index contributed by atoms with van der Waals surface area (Å²) in [6.07, 6.45) is 1.96. The second kappa shape index (κ2) is 7.73. The number of amides is 1. The zero-order valence-electron chi connectivity index (χ0n) is 14.2. The normalized spacial score (nSPS) is 19.1. The van der Waals surface area contributed by atoms with Crippen molar-refractivity contribution in [2.24, 2.45) is 0 Å². The fourth-order valence-corrected chi connectivity index (χ4v) is 4.00. The molecule has 2 aromatic rings. The highest BCUT2D eigenvalue weighted by Crippen LogP contribution is 2.31. The van der Waals surface area contributed by atoms with Crippen LogP contribution in [0.25, 0.3) is 0 Å². The minimum atomic E-state index is -1.55. The number of nitrogens with one attached hydrogen (secondary N) is 1. The third-order valence-corrected chi connectivity index (χ3v) is 5.71. The van der Waals surface area contributed by atoms with E-state index < -0.39 is 17.4 Å². The molecule has 138 valence electrons. The van der Waals surface area contributed by atoms with Crippen LogP contribution in [0.5, 0.6) is 0 Å². The van der Waals surface area contributed by atoms with E-state index in [1.54, 1.807) is 36.6 Å². The predicted octanol–water partition coefficient (Wildman–Crippen LogP) is 3.77. The topological polar surface area (TPSA) is 88.5 Å². The first-order valence-corrected chi connectivity index (χ1v) is 9.61. The summed E-state index contributed by atoms with van der Waals surface area (Å²) < 4.78 is 5.58. The highest BCUT2D eigenvalue weighted by atomic mass is 35.5. The quantitative estimate of drug-likeness (QED) is 0.778. The molecule has 1 aromatic carbocycles. The molecule has 2 N–H and O–H groups in total. The molecule has 8 heteroatoms. The van der Waals surface area contributed by atoms with Gasteiger partial charge < -0.3 is 15.2 Å². The van der Waals surface area contributed by atoms with Crippen molar-refractivity contribution in [2.45, 2.75) is 37.8 Å². The van der Waals surface area contributed by atoms with Crippen LogP contribution < -0.4 is 5.32 Å². The van der Waals surface area contributed by atoms with E-state index in [1.165, 1.54) is 11.3 Å². The number of aliphatic carboxylic acids is 1. The number of ether oxygens (including phenoxy) is 1. The van der Waals surface area contributed by atoms with Gasteiger partial charge in [0.2, 0.25) is 0 Å². The van der Waals surface area contributed by atoms with Gasteiger partial charge in [0.05, 0.1) is 0 Å². The predicted molar refractivity (Wildman–Crippen MR) is 98.6 cm³/mol. The molecule has 2 unspecified atom stereocenters. The first-order valence-electron chi connectivity index (χ1n) is 8.35. The Bertz CT molecular complexity index is 802. The van der Waals surface area contributed by atoms with E-state index in [0.29, 0.717) is 17.2 Å². The molecule has 2 heterocycles. The summed E-state index contributed by atoms with van der Waals surface area (Å²) in [4.78, 5) is 29.1. The molecule has 0 saturated carbocycles. The van der Waals surface area contributed by atoms with Crippen LogP contribution in [0.3, 0.4) is 0 Å². The van der Waals surface area contributed by atoms with Gasteiger partial charge in [-0.15, -0.1) is 11.3 Å². The van der Waals surface area contributed by atoms with Crippen molar-refractivity contribution < 1.29 is 19.4 Å². The number of thiazole rings is 1. The highest BCUT2D eigenvalue weighted by Gasteiger charge is 2.41. The largest absolute Gasteiger partial charge is 0.479 e. The Balaban J connectivity index is 1.85. The second-order valence-electron chi connectivity index (χ2n) is 6.10. The van der Waals surface area contributed by atoms with Gasteiger partial charge in [0.1, 0.15) is 16.8 Å². The first kappa shape index (κ1) is 18.8. The van der Waals surface area contributed by atoms with Crippen LogP contribution in [0.4, 0.5) is 0 Å². The molecular weight excluding hydrogens is 376 g/mol. The van der Waals surface area contributed by atoms with Crippen molar-refractivity contribution in [3.05, 3.63) is 50.9 Å². The lowest BCUT2D eigenvalue weighted by atomic mass is 9.87. The highest BCUT2D eigenvalue weighted by molar-refractivity contribution is 7.09. The van der Waals surface area contributed by atoms with Gasteiger partial charge in [-0.05, 0) is 37.0 Å². The number of nitrogens with zero attached hydrogens (tertiary/aromatic N) is 1. The maximum atomic E-state index is 12.7. The van der Waals surface area contributed by atoms with Crippen molar-refractivity contribution in [2.75, 3.05) is 6.61 Å². The fourth-order valence-electron chi connectivity index (χ4n) is 3.00. The molecule has 1 fully saturated rings. The molecule has 1 aromatic heterocycles. The number of aromatic nitrogens is 1. The van der Waals surface area contributed by atoms with Crippen molar-refractivity contribution in [3.8, 4) is 0 Å². The minimum absolute atomic E-state index is 0.0757. The van der Waals surface area contributed by atoms with E-state index in [4.69, 9.17) is 16.3 Å². The van der Waals surface area contributed by atoms with Crippen LogP contribution in [0, 0.1) is 0 Å². The van der Waals surface area contributed by atoms with Gasteiger partial charge in [-0.3, -0.25) is 4.79 Å². The van der Waals surface area contributed by atoms with Crippen molar-refractivity contribution in [1.82, 2.24) is 10.3 Å². The van der Waals surface area contributed by atoms with Crippen LogP contribution in [0.1, 0.15) is 53.3 Å². The summed E-state index contributed by atoms with van der Waals surface area (Å²) in [6.45, 7) is 2.40. The summed E-state index contributed by atoms with van der Waals surface area (Å²) in [5, 5.41) is 15.4. The number of carbonyl (C=O) groups is 2. The molecule has 1 amide bonds. The van der Waals surface area contributed by atoms with Crippen LogP contribution >= 0.6 is 22.9 Å². The van der Waals surface area contributed by atoms with E-state index in [2.05, 4.69) is 10.3 Å². The van der Waals surface area contributed by atoms with Gasteiger partial charge >= 0.3 is 5.97 Å². The van der Waals surface area contributed by atoms with Gasteiger partial charge in [0.25, 0.3) is 5.91 Å². The van der Waals surface area contributed by atoms with E-state index in [1.807, 2.05) is 0 Å². The number of hydrogen-bond acceptors (Lipinski definition) is 5. The van der Waals surface area contributed by atoms with Crippen LogP contribution in [-0.2, 0) is 15.1 Å². The monoisotopic (exact) mass is 394 g/mol. The number of carboxylic acid groups (broad SMARTS) is 1. The van der Waals surface area contributed by atoms with Crippen molar-refractivity contribution in [3.63, 3.8) is 0 Å². The van der Waals surface area contributed by atoms with E-state index in [0.717, 1.165) is 17.8 Å². The molecule has 1 aliphatic rings. The molecule has 0 radical (unpaired) electrons. The van der Waals surface area contributed by atoms with Gasteiger partial charge in [0, 0.05) is 17.0 Å². The molecule has 1 saturated heterocycles. The molecule has 2 atom stereocenters. The van der Waals surface area contributed by atoms with E-state index in [-0.39, 0.29) is 18.2 Å². The van der Waals surface area contributed by atoms with Crippen molar-refractivity contribution in [1.29, 1.82) is 0 Å². The Morgan fingerprint density at radius 2 is 2.15 bits per heavy atom. The average Bonchev–Trinajstić information content (AvgIpc) is 3.31. The van der Waals surface area contributed by atoms with Gasteiger partial charge in [-0.2, -0.15) is 0 Å². The Morgan fingerprint density at radius 3 is 2.73 bits per heavy atom. The lowest BCUT2D eigenvalue weighted by Gasteiger charge is -2.29. The van der Waals surface area contributed by atoms with Gasteiger partial charge in [0.15, 0.2) is 5.54 Å². The number of carboxylic acids is 1. The smallest absolute Gasteiger partial charge is 0.334 e. The summed E-state index contributed by atoms with van der Waals surface area (Å²) in [5.74, 6) is -1.66. The zero-order valence-corrected chi connectivity index (χ0v) is 15.8. The Morgan fingerprint density at radius 1 is 1.42 bits per heavy atom. The molecule has 0 bridgehead atoms. The molecule has 0 aliphatic carbocycles. The Labute approximate surface area is 160 Å². The van der Waals surface area contributed by atoms with E-state index in [9.17, 15) is 14.7 Å². The molecule has 6 nitrogen and oxygen atoms in total. The molecule has 0 spiro atoms. The molecule has 26 heavy (non-hydrogen) atoms. The Hall–Kier alpha value is -1.96. The third kappa shape index (κ3) is 3.60. The minimum Gasteiger partial charge on any atom is -0.479 e. The summed E-state index contributed by atoms with van der Waals surface area (Å²) >= 11 is 7.25. The zero-order chi connectivity index (χ0) is 18.7. The second-order valence-corrected chi connectivity index (χ2v) is 7.42. The number of benzene rings is 1. The fraction of sp³-hybridized carbons (Fsp3) is 0.389. The van der Waals surface area contributed by atoms with Gasteiger partial charge in [-0.1, -0.05) is 30.7 Å². The van der Waals surface area contributed by atoms with Crippen LogP contribution in [-0.4, -0.2) is 28.6 Å². The van der Waals surface area contributed by atoms with Crippen LogP contribution in [0.2, 0.25) is 5.02 Å². The molecular formula is C18H19ClN2O4S. The first-order chi connectivity index (χ1) is 12.5. The lowest BCUT2D eigenvalue weighted by Crippen LogP contribution is -2.51. The van der Waals surface area contributed by atoms with Crippen LogP contribution in [0.15, 0.2) is 29.6 Å². The SMILES string of the molecule is CCC(NC(=O)c1csc(C2CCCO2)n1)(C(=O)O)c1ccc(Cl)cc1. The molecule has 3 rings (SSSR count). The van der Waals surface area contributed by atoms with E-state index >= 15 is 0 Å². The third-order valence-electron chi connectivity index (χ3n) is 4.52. The number of hydrogen-bond donors (Lipinski definition) is 2. The summed E-state index contributed by atoms with van der Waals surface area (Å²) in [6, 6.07) is 6.43. The maximum absolute atomic E-state index is 12.7. The Kier molecular flexibility index (Phi) is 5.60. The number of carbonyl (C=O) groups excluding carboxylic acids is 1. The molecule has 1 aliphatic heterocycles. The number of rotatable bonds is 6. The number of halogens is 1. The maximum Gasteiger partial charge on any atom is 0.334 e. The summed E-state index contributed by atoms with van der Waals surface area (Å²) in [7, 11) is 0. The van der Waals surface area contributed by atoms with Crippen molar-refractivity contribution >= 4 is 34.8 Å².